The quantitative estimate of drug-likeness (QED) is 0.611. The van der Waals surface area contributed by atoms with Gasteiger partial charge in [-0.05, 0) is 48.2 Å². The molecule has 1 heterocycles. The van der Waals surface area contributed by atoms with Gasteiger partial charge in [-0.1, -0.05) is 0 Å². The Morgan fingerprint density at radius 2 is 1.48 bits per heavy atom. The molecule has 1 aliphatic rings. The maximum Gasteiger partial charge on any atom is 0.227 e. The first-order chi connectivity index (χ1) is 15.0. The normalized spacial score (nSPS) is 13.3. The van der Waals surface area contributed by atoms with E-state index in [0.29, 0.717) is 36.0 Å². The number of carbonyl (C=O) groups is 1. The molecule has 0 spiro atoms. The van der Waals surface area contributed by atoms with E-state index in [-0.39, 0.29) is 5.91 Å². The van der Waals surface area contributed by atoms with Crippen LogP contribution in [0.2, 0.25) is 0 Å². The van der Waals surface area contributed by atoms with Gasteiger partial charge in [0.25, 0.3) is 0 Å². The third-order valence-corrected chi connectivity index (χ3v) is 5.78. The van der Waals surface area contributed by atoms with Crippen molar-refractivity contribution in [1.82, 2.24) is 4.90 Å². The molecule has 2 aromatic rings. The fourth-order valence-corrected chi connectivity index (χ4v) is 3.94. The molecule has 168 valence electrons. The molecule has 7 heteroatoms. The summed E-state index contributed by atoms with van der Waals surface area (Å²) in [5, 5.41) is 0. The lowest BCUT2D eigenvalue weighted by Gasteiger charge is -2.24. The number of carbonyl (C=O) groups excluding carboxylic acids is 1. The van der Waals surface area contributed by atoms with Gasteiger partial charge in [-0.3, -0.25) is 4.79 Å². The number of rotatable bonds is 9. The third-order valence-electron chi connectivity index (χ3n) is 5.78. The zero-order chi connectivity index (χ0) is 22.4. The predicted molar refractivity (Wildman–Crippen MR) is 121 cm³/mol. The van der Waals surface area contributed by atoms with Gasteiger partial charge in [-0.15, -0.1) is 0 Å². The number of hydrogen-bond acceptors (Lipinski definition) is 6. The van der Waals surface area contributed by atoms with Crippen LogP contribution in [0.3, 0.4) is 0 Å². The van der Waals surface area contributed by atoms with Crippen molar-refractivity contribution in [2.24, 2.45) is 0 Å². The van der Waals surface area contributed by atoms with Gasteiger partial charge in [0.05, 0.1) is 34.9 Å². The molecular formula is C24H32N2O5. The van der Waals surface area contributed by atoms with Crippen LogP contribution in [0.1, 0.15) is 17.5 Å². The van der Waals surface area contributed by atoms with Gasteiger partial charge < -0.3 is 28.7 Å². The van der Waals surface area contributed by atoms with E-state index in [1.807, 2.05) is 42.3 Å². The Kier molecular flexibility index (Phi) is 7.50. The Bertz CT molecular complexity index is 915. The molecule has 0 atom stereocenters. The van der Waals surface area contributed by atoms with Crippen LogP contribution in [0.5, 0.6) is 23.0 Å². The molecular weight excluding hydrogens is 396 g/mol. The maximum absolute atomic E-state index is 12.8. The van der Waals surface area contributed by atoms with Crippen LogP contribution in [-0.2, 0) is 17.6 Å². The maximum atomic E-state index is 12.8. The first-order valence-corrected chi connectivity index (χ1v) is 10.5. The Hall–Kier alpha value is -3.09. The van der Waals surface area contributed by atoms with Gasteiger partial charge in [0, 0.05) is 38.4 Å². The Balaban J connectivity index is 1.59. The highest BCUT2D eigenvalue weighted by Gasteiger charge is 2.22. The number of hydrogen-bond donors (Lipinski definition) is 0. The minimum Gasteiger partial charge on any atom is -0.493 e. The second-order valence-electron chi connectivity index (χ2n) is 7.60. The summed E-state index contributed by atoms with van der Waals surface area (Å²) in [6, 6.07) is 9.81. The standard InChI is InChI=1S/C24H32N2O5/c1-25(19-7-8-20(28-2)23(16-19)31-5)10-6-11-26-12-9-17-13-21(29-3)22(30-4)14-18(17)15-24(26)27/h7-8,13-14,16H,6,9-12,15H2,1-5H3. The first-order valence-electron chi connectivity index (χ1n) is 10.5. The highest BCUT2D eigenvalue weighted by atomic mass is 16.5. The van der Waals surface area contributed by atoms with E-state index in [1.54, 1.807) is 28.4 Å². The summed E-state index contributed by atoms with van der Waals surface area (Å²) in [6.07, 6.45) is 2.08. The zero-order valence-corrected chi connectivity index (χ0v) is 19.1. The SMILES string of the molecule is COc1ccc(N(C)CCCN2CCc3cc(OC)c(OC)cc3CC2=O)cc1OC. The van der Waals surface area contributed by atoms with Crippen molar-refractivity contribution in [2.45, 2.75) is 19.3 Å². The van der Waals surface area contributed by atoms with Gasteiger partial charge >= 0.3 is 0 Å². The molecule has 1 aliphatic heterocycles. The summed E-state index contributed by atoms with van der Waals surface area (Å²) in [7, 11) is 8.55. The van der Waals surface area contributed by atoms with Crippen LogP contribution >= 0.6 is 0 Å². The number of fused-ring (bicyclic) bond motifs is 1. The van der Waals surface area contributed by atoms with Gasteiger partial charge in [-0.25, -0.2) is 0 Å². The first kappa shape index (κ1) is 22.6. The predicted octanol–water partition coefficient (Wildman–Crippen LogP) is 3.17. The Labute approximate surface area is 184 Å². The van der Waals surface area contributed by atoms with Crippen molar-refractivity contribution >= 4 is 11.6 Å². The second-order valence-corrected chi connectivity index (χ2v) is 7.60. The number of ether oxygens (including phenoxy) is 4. The molecule has 2 aromatic carbocycles. The number of methoxy groups -OCH3 is 4. The van der Waals surface area contributed by atoms with Crippen LogP contribution in [0.15, 0.2) is 30.3 Å². The molecule has 0 fully saturated rings. The lowest BCUT2D eigenvalue weighted by atomic mass is 10.0. The summed E-state index contributed by atoms with van der Waals surface area (Å²) in [5.74, 6) is 2.94. The van der Waals surface area contributed by atoms with E-state index in [2.05, 4.69) is 4.90 Å². The van der Waals surface area contributed by atoms with Crippen molar-refractivity contribution < 1.29 is 23.7 Å². The largest absolute Gasteiger partial charge is 0.493 e. The van der Waals surface area contributed by atoms with Crippen LogP contribution in [0.25, 0.3) is 0 Å². The van der Waals surface area contributed by atoms with E-state index >= 15 is 0 Å². The van der Waals surface area contributed by atoms with Crippen molar-refractivity contribution in [3.05, 3.63) is 41.5 Å². The van der Waals surface area contributed by atoms with E-state index in [9.17, 15) is 4.79 Å². The highest BCUT2D eigenvalue weighted by Crippen LogP contribution is 2.33. The molecule has 0 radical (unpaired) electrons. The van der Waals surface area contributed by atoms with E-state index in [1.165, 1.54) is 0 Å². The topological polar surface area (TPSA) is 60.5 Å². The van der Waals surface area contributed by atoms with Crippen LogP contribution in [0, 0.1) is 0 Å². The van der Waals surface area contributed by atoms with Gasteiger partial charge in [0.1, 0.15) is 0 Å². The van der Waals surface area contributed by atoms with Crippen LogP contribution < -0.4 is 23.8 Å². The zero-order valence-electron chi connectivity index (χ0n) is 19.1. The third kappa shape index (κ3) is 5.16. The minimum absolute atomic E-state index is 0.153. The lowest BCUT2D eigenvalue weighted by molar-refractivity contribution is -0.130. The average Bonchev–Trinajstić information content (AvgIpc) is 2.95. The highest BCUT2D eigenvalue weighted by molar-refractivity contribution is 5.80. The Morgan fingerprint density at radius 3 is 2.13 bits per heavy atom. The van der Waals surface area contributed by atoms with Crippen molar-refractivity contribution in [2.75, 3.05) is 60.0 Å². The minimum atomic E-state index is 0.153. The number of anilines is 1. The monoisotopic (exact) mass is 428 g/mol. The smallest absolute Gasteiger partial charge is 0.227 e. The fraction of sp³-hybridized carbons (Fsp3) is 0.458. The molecule has 1 amide bonds. The van der Waals surface area contributed by atoms with Gasteiger partial charge in [0.15, 0.2) is 23.0 Å². The van der Waals surface area contributed by atoms with Gasteiger partial charge in [-0.2, -0.15) is 0 Å². The molecule has 7 nitrogen and oxygen atoms in total. The van der Waals surface area contributed by atoms with E-state index in [0.717, 1.165) is 42.7 Å². The molecule has 0 saturated heterocycles. The molecule has 0 saturated carbocycles. The van der Waals surface area contributed by atoms with E-state index in [4.69, 9.17) is 18.9 Å². The fourth-order valence-electron chi connectivity index (χ4n) is 3.94. The summed E-state index contributed by atoms with van der Waals surface area (Å²) in [5.41, 5.74) is 3.22. The van der Waals surface area contributed by atoms with E-state index < -0.39 is 0 Å². The molecule has 0 unspecified atom stereocenters. The molecule has 0 aromatic heterocycles. The Morgan fingerprint density at radius 1 is 0.871 bits per heavy atom. The molecule has 0 aliphatic carbocycles. The number of benzene rings is 2. The number of nitrogens with zero attached hydrogens (tertiary/aromatic N) is 2. The second kappa shape index (κ2) is 10.3. The number of amides is 1. The summed E-state index contributed by atoms with van der Waals surface area (Å²) >= 11 is 0. The van der Waals surface area contributed by atoms with Crippen molar-refractivity contribution in [1.29, 1.82) is 0 Å². The molecule has 0 bridgehead atoms. The summed E-state index contributed by atoms with van der Waals surface area (Å²) in [6.45, 7) is 2.26. The molecule has 3 rings (SSSR count). The summed E-state index contributed by atoms with van der Waals surface area (Å²) in [4.78, 5) is 17.0. The lowest BCUT2D eigenvalue weighted by Crippen LogP contribution is -2.34. The molecule has 31 heavy (non-hydrogen) atoms. The van der Waals surface area contributed by atoms with Crippen LogP contribution in [-0.4, -0.2) is 65.9 Å². The average molecular weight is 429 g/mol. The molecule has 0 N–H and O–H groups in total. The van der Waals surface area contributed by atoms with Gasteiger partial charge in [0.2, 0.25) is 5.91 Å². The van der Waals surface area contributed by atoms with Crippen molar-refractivity contribution in [3.63, 3.8) is 0 Å². The summed E-state index contributed by atoms with van der Waals surface area (Å²) < 4.78 is 21.5. The van der Waals surface area contributed by atoms with Crippen molar-refractivity contribution in [3.8, 4) is 23.0 Å². The van der Waals surface area contributed by atoms with Crippen LogP contribution in [0.4, 0.5) is 5.69 Å².